The van der Waals surface area contributed by atoms with E-state index in [0.717, 1.165) is 0 Å². The van der Waals surface area contributed by atoms with Gasteiger partial charge in [-0.2, -0.15) is 0 Å². The molecule has 4 heteroatoms. The summed E-state index contributed by atoms with van der Waals surface area (Å²) >= 11 is 5.82. The van der Waals surface area contributed by atoms with Crippen LogP contribution in [0.15, 0.2) is 18.2 Å². The lowest BCUT2D eigenvalue weighted by Crippen LogP contribution is -2.05. The maximum atomic E-state index is 11.0. The molecule has 0 amide bonds. The van der Waals surface area contributed by atoms with Crippen molar-refractivity contribution in [2.45, 2.75) is 12.3 Å². The van der Waals surface area contributed by atoms with Crippen molar-refractivity contribution in [2.75, 3.05) is 0 Å². The van der Waals surface area contributed by atoms with Gasteiger partial charge in [0.25, 0.3) is 0 Å². The van der Waals surface area contributed by atoms with Crippen molar-refractivity contribution in [3.05, 3.63) is 34.9 Å². The molecule has 0 fully saturated rings. The molecule has 0 aromatic heterocycles. The number of carbonyl (C=O) groups is 3. The molecule has 0 aliphatic heterocycles. The van der Waals surface area contributed by atoms with Gasteiger partial charge in [0, 0.05) is 11.1 Å². The van der Waals surface area contributed by atoms with Gasteiger partial charge in [0.05, 0.1) is 0 Å². The minimum atomic E-state index is -0.842. The molecule has 1 rings (SSSR count). The molecule has 0 saturated carbocycles. The van der Waals surface area contributed by atoms with Crippen LogP contribution >= 0.6 is 11.6 Å². The van der Waals surface area contributed by atoms with Crippen molar-refractivity contribution >= 4 is 30.0 Å². The second kappa shape index (κ2) is 4.84. The van der Waals surface area contributed by atoms with Crippen molar-refractivity contribution < 1.29 is 14.4 Å². The van der Waals surface area contributed by atoms with Crippen molar-refractivity contribution in [1.29, 1.82) is 0 Å². The summed E-state index contributed by atoms with van der Waals surface area (Å²) in [5, 5.41) is -0.842. The number of benzene rings is 1. The number of hydrogen-bond acceptors (Lipinski definition) is 3. The molecule has 0 bridgehead atoms. The Hall–Kier alpha value is -1.48. The quantitative estimate of drug-likeness (QED) is 0.582. The maximum absolute atomic E-state index is 11.0. The van der Waals surface area contributed by atoms with Crippen LogP contribution in [0.3, 0.4) is 0 Å². The predicted octanol–water partition coefficient (Wildman–Crippen LogP) is 2.18. The Morgan fingerprint density at radius 3 is 2.47 bits per heavy atom. The minimum absolute atomic E-state index is 0.237. The summed E-state index contributed by atoms with van der Waals surface area (Å²) in [5.41, 5.74) is 1.09. The van der Waals surface area contributed by atoms with E-state index in [1.54, 1.807) is 0 Å². The van der Waals surface area contributed by atoms with Crippen LogP contribution in [0.1, 0.15) is 38.6 Å². The molecule has 0 saturated heterocycles. The fourth-order valence-electron chi connectivity index (χ4n) is 1.22. The van der Waals surface area contributed by atoms with Gasteiger partial charge in [-0.25, -0.2) is 0 Å². The summed E-state index contributed by atoms with van der Waals surface area (Å²) < 4.78 is 0. The first kappa shape index (κ1) is 11.6. The molecule has 0 radical (unpaired) electrons. The highest BCUT2D eigenvalue weighted by molar-refractivity contribution is 6.31. The van der Waals surface area contributed by atoms with Gasteiger partial charge in [0.15, 0.2) is 5.78 Å². The smallest absolute Gasteiger partial charge is 0.152 e. The van der Waals surface area contributed by atoms with Gasteiger partial charge in [-0.05, 0) is 18.6 Å². The van der Waals surface area contributed by atoms with Crippen LogP contribution in [-0.4, -0.2) is 18.4 Å². The lowest BCUT2D eigenvalue weighted by Gasteiger charge is -2.08. The summed E-state index contributed by atoms with van der Waals surface area (Å²) in [4.78, 5) is 32.3. The fourth-order valence-corrected chi connectivity index (χ4v) is 1.42. The lowest BCUT2D eigenvalue weighted by atomic mass is 10.0. The molecular weight excluding hydrogens is 216 g/mol. The summed E-state index contributed by atoms with van der Waals surface area (Å²) in [6.45, 7) is 1.35. The molecule has 0 heterocycles. The molecule has 3 nitrogen and oxygen atoms in total. The topological polar surface area (TPSA) is 51.2 Å². The summed E-state index contributed by atoms with van der Waals surface area (Å²) in [5.74, 6) is -0.237. The van der Waals surface area contributed by atoms with E-state index in [1.807, 2.05) is 0 Å². The highest BCUT2D eigenvalue weighted by Gasteiger charge is 2.16. The van der Waals surface area contributed by atoms with Crippen molar-refractivity contribution in [1.82, 2.24) is 0 Å². The maximum Gasteiger partial charge on any atom is 0.152 e. The molecule has 1 unspecified atom stereocenters. The standard InChI is InChI=1S/C11H9ClO3/c1-7(15)11(12)10-3-2-8(5-13)4-9(10)6-14/h2-6,11H,1H3. The molecular formula is C11H9ClO3. The van der Waals surface area contributed by atoms with Gasteiger partial charge in [-0.15, -0.1) is 11.6 Å². The number of aldehydes is 2. The molecule has 0 aliphatic rings. The number of rotatable bonds is 4. The Balaban J connectivity index is 3.24. The lowest BCUT2D eigenvalue weighted by molar-refractivity contribution is -0.116. The van der Waals surface area contributed by atoms with E-state index in [1.165, 1.54) is 25.1 Å². The average molecular weight is 225 g/mol. The molecule has 0 spiro atoms. The number of ketones is 1. The van der Waals surface area contributed by atoms with E-state index in [0.29, 0.717) is 23.7 Å². The average Bonchev–Trinajstić information content (AvgIpc) is 2.27. The summed E-state index contributed by atoms with van der Waals surface area (Å²) in [6, 6.07) is 4.45. The summed E-state index contributed by atoms with van der Waals surface area (Å²) in [7, 11) is 0. The van der Waals surface area contributed by atoms with Crippen LogP contribution in [0, 0.1) is 0 Å². The largest absolute Gasteiger partial charge is 0.298 e. The van der Waals surface area contributed by atoms with E-state index in [-0.39, 0.29) is 11.3 Å². The number of halogens is 1. The van der Waals surface area contributed by atoms with E-state index in [2.05, 4.69) is 0 Å². The zero-order valence-electron chi connectivity index (χ0n) is 8.07. The Morgan fingerprint density at radius 2 is 2.00 bits per heavy atom. The van der Waals surface area contributed by atoms with Crippen LogP contribution in [0.25, 0.3) is 0 Å². The van der Waals surface area contributed by atoms with Crippen molar-refractivity contribution in [3.63, 3.8) is 0 Å². The third-order valence-corrected chi connectivity index (χ3v) is 2.55. The number of carbonyl (C=O) groups excluding carboxylic acids is 3. The molecule has 0 aliphatic carbocycles. The van der Waals surface area contributed by atoms with Crippen LogP contribution < -0.4 is 0 Å². The van der Waals surface area contributed by atoms with E-state index in [4.69, 9.17) is 11.6 Å². The third-order valence-electron chi connectivity index (χ3n) is 2.00. The van der Waals surface area contributed by atoms with Gasteiger partial charge in [-0.1, -0.05) is 12.1 Å². The minimum Gasteiger partial charge on any atom is -0.298 e. The van der Waals surface area contributed by atoms with Gasteiger partial charge in [0.2, 0.25) is 0 Å². The number of alkyl halides is 1. The molecule has 78 valence electrons. The molecule has 0 N–H and O–H groups in total. The van der Waals surface area contributed by atoms with Crippen LogP contribution in [0.5, 0.6) is 0 Å². The highest BCUT2D eigenvalue weighted by atomic mass is 35.5. The predicted molar refractivity (Wildman–Crippen MR) is 56.5 cm³/mol. The van der Waals surface area contributed by atoms with Gasteiger partial charge >= 0.3 is 0 Å². The Kier molecular flexibility index (Phi) is 3.74. The fraction of sp³-hybridized carbons (Fsp3) is 0.182. The normalized spacial score (nSPS) is 11.9. The van der Waals surface area contributed by atoms with Gasteiger partial charge < -0.3 is 0 Å². The first-order valence-electron chi connectivity index (χ1n) is 4.29. The highest BCUT2D eigenvalue weighted by Crippen LogP contribution is 2.24. The zero-order chi connectivity index (χ0) is 11.4. The van der Waals surface area contributed by atoms with Crippen LogP contribution in [0.4, 0.5) is 0 Å². The van der Waals surface area contributed by atoms with Crippen molar-refractivity contribution in [3.8, 4) is 0 Å². The molecule has 15 heavy (non-hydrogen) atoms. The molecule has 1 aromatic rings. The summed E-state index contributed by atoms with van der Waals surface area (Å²) in [6.07, 6.45) is 1.22. The van der Waals surface area contributed by atoms with Gasteiger partial charge in [0.1, 0.15) is 17.9 Å². The molecule has 1 aromatic carbocycles. The first-order chi connectivity index (χ1) is 7.10. The SMILES string of the molecule is CC(=O)C(Cl)c1ccc(C=O)cc1C=O. The Labute approximate surface area is 92.0 Å². The molecule has 1 atom stereocenters. The second-order valence-electron chi connectivity index (χ2n) is 3.10. The third kappa shape index (κ3) is 2.50. The number of Topliss-reactive ketones (excluding diaryl/α,β-unsaturated/α-hetero) is 1. The second-order valence-corrected chi connectivity index (χ2v) is 3.53. The van der Waals surface area contributed by atoms with E-state index >= 15 is 0 Å². The zero-order valence-corrected chi connectivity index (χ0v) is 8.82. The van der Waals surface area contributed by atoms with Crippen LogP contribution in [-0.2, 0) is 4.79 Å². The Bertz CT molecular complexity index is 412. The first-order valence-corrected chi connectivity index (χ1v) is 4.72. The Morgan fingerprint density at radius 1 is 1.33 bits per heavy atom. The monoisotopic (exact) mass is 224 g/mol. The van der Waals surface area contributed by atoms with E-state index < -0.39 is 5.38 Å². The van der Waals surface area contributed by atoms with Crippen LogP contribution in [0.2, 0.25) is 0 Å². The van der Waals surface area contributed by atoms with Crippen molar-refractivity contribution in [2.24, 2.45) is 0 Å². The van der Waals surface area contributed by atoms with Gasteiger partial charge in [-0.3, -0.25) is 14.4 Å². The number of hydrogen-bond donors (Lipinski definition) is 0. The van der Waals surface area contributed by atoms with E-state index in [9.17, 15) is 14.4 Å².